The molecular weight excluding hydrogens is 286 g/mol. The van der Waals surface area contributed by atoms with Gasteiger partial charge in [-0.1, -0.05) is 13.0 Å². The lowest BCUT2D eigenvalue weighted by Gasteiger charge is -2.20. The summed E-state index contributed by atoms with van der Waals surface area (Å²) in [5, 5.41) is 7.25. The van der Waals surface area contributed by atoms with Crippen LogP contribution >= 0.6 is 11.3 Å². The molecule has 0 spiro atoms. The summed E-state index contributed by atoms with van der Waals surface area (Å²) in [5.41, 5.74) is 0. The SMILES string of the molecule is CC[C@H](C)NC(=O)NC(=O)C[NH+]1CCC[C@@H]1c1cccs1. The Morgan fingerprint density at radius 3 is 3.00 bits per heavy atom. The van der Waals surface area contributed by atoms with Crippen LogP contribution in [0.25, 0.3) is 0 Å². The van der Waals surface area contributed by atoms with E-state index in [4.69, 9.17) is 0 Å². The van der Waals surface area contributed by atoms with Crippen LogP contribution in [-0.2, 0) is 4.79 Å². The Balaban J connectivity index is 1.83. The highest BCUT2D eigenvalue weighted by molar-refractivity contribution is 7.10. The molecule has 1 unspecified atom stereocenters. The number of thiophene rings is 1. The molecular formula is C15H24N3O2S+. The zero-order valence-corrected chi connectivity index (χ0v) is 13.5. The molecule has 1 fully saturated rings. The van der Waals surface area contributed by atoms with Crippen molar-refractivity contribution in [1.29, 1.82) is 0 Å². The molecule has 5 nitrogen and oxygen atoms in total. The zero-order valence-electron chi connectivity index (χ0n) is 12.6. The number of carbonyl (C=O) groups excluding carboxylic acids is 2. The normalized spacial score (nSPS) is 22.8. The number of likely N-dealkylation sites (tertiary alicyclic amines) is 1. The van der Waals surface area contributed by atoms with E-state index >= 15 is 0 Å². The van der Waals surface area contributed by atoms with E-state index in [-0.39, 0.29) is 18.0 Å². The molecule has 116 valence electrons. The number of nitrogens with one attached hydrogen (secondary N) is 3. The first-order chi connectivity index (χ1) is 10.1. The molecule has 0 bridgehead atoms. The molecule has 0 aromatic carbocycles. The average Bonchev–Trinajstić information content (AvgIpc) is 3.08. The molecule has 0 radical (unpaired) electrons. The maximum atomic E-state index is 12.0. The fourth-order valence-corrected chi connectivity index (χ4v) is 3.62. The van der Waals surface area contributed by atoms with E-state index in [1.165, 1.54) is 9.78 Å². The third-order valence-corrected chi connectivity index (χ3v) is 4.99. The predicted octanol–water partition coefficient (Wildman–Crippen LogP) is 1.09. The second-order valence-electron chi connectivity index (χ2n) is 5.63. The van der Waals surface area contributed by atoms with E-state index in [9.17, 15) is 9.59 Å². The third-order valence-electron chi connectivity index (χ3n) is 4.00. The van der Waals surface area contributed by atoms with Crippen molar-refractivity contribution in [1.82, 2.24) is 10.6 Å². The molecule has 1 aromatic heterocycles. The summed E-state index contributed by atoms with van der Waals surface area (Å²) >= 11 is 1.74. The van der Waals surface area contributed by atoms with Gasteiger partial charge in [-0.2, -0.15) is 0 Å². The quantitative estimate of drug-likeness (QED) is 0.762. The van der Waals surface area contributed by atoms with Crippen LogP contribution in [0.2, 0.25) is 0 Å². The maximum Gasteiger partial charge on any atom is 0.321 e. The molecule has 6 heteroatoms. The minimum Gasteiger partial charge on any atom is -0.335 e. The van der Waals surface area contributed by atoms with Gasteiger partial charge in [-0.25, -0.2) is 4.79 Å². The topological polar surface area (TPSA) is 62.6 Å². The minimum atomic E-state index is -0.388. The van der Waals surface area contributed by atoms with Crippen molar-refractivity contribution in [2.24, 2.45) is 0 Å². The number of carbonyl (C=O) groups is 2. The summed E-state index contributed by atoms with van der Waals surface area (Å²) in [6.07, 6.45) is 3.09. The fraction of sp³-hybridized carbons (Fsp3) is 0.600. The van der Waals surface area contributed by atoms with Crippen LogP contribution in [0.4, 0.5) is 4.79 Å². The maximum absolute atomic E-state index is 12.0. The lowest BCUT2D eigenvalue weighted by molar-refractivity contribution is -0.910. The summed E-state index contributed by atoms with van der Waals surface area (Å²) < 4.78 is 0. The van der Waals surface area contributed by atoms with Crippen molar-refractivity contribution in [3.63, 3.8) is 0 Å². The van der Waals surface area contributed by atoms with Crippen molar-refractivity contribution in [3.8, 4) is 0 Å². The summed E-state index contributed by atoms with van der Waals surface area (Å²) in [5.74, 6) is -0.200. The highest BCUT2D eigenvalue weighted by Crippen LogP contribution is 2.23. The highest BCUT2D eigenvalue weighted by atomic mass is 32.1. The van der Waals surface area contributed by atoms with E-state index in [0.717, 1.165) is 25.8 Å². The van der Waals surface area contributed by atoms with Gasteiger partial charge in [0.2, 0.25) is 0 Å². The number of hydrogen-bond acceptors (Lipinski definition) is 3. The minimum absolute atomic E-state index is 0.0794. The molecule has 1 aliphatic heterocycles. The molecule has 2 heterocycles. The van der Waals surface area contributed by atoms with E-state index in [1.54, 1.807) is 11.3 Å². The first kappa shape index (κ1) is 16.0. The van der Waals surface area contributed by atoms with Gasteiger partial charge in [0, 0.05) is 18.9 Å². The van der Waals surface area contributed by atoms with E-state index < -0.39 is 0 Å². The Bertz CT molecular complexity index is 475. The molecule has 21 heavy (non-hydrogen) atoms. The van der Waals surface area contributed by atoms with E-state index in [2.05, 4.69) is 28.1 Å². The Morgan fingerprint density at radius 1 is 1.52 bits per heavy atom. The van der Waals surface area contributed by atoms with Crippen molar-refractivity contribution in [2.75, 3.05) is 13.1 Å². The second kappa shape index (κ2) is 7.56. The van der Waals surface area contributed by atoms with Gasteiger partial charge in [-0.05, 0) is 24.8 Å². The van der Waals surface area contributed by atoms with Gasteiger partial charge >= 0.3 is 6.03 Å². The molecule has 0 aliphatic carbocycles. The zero-order chi connectivity index (χ0) is 15.2. The van der Waals surface area contributed by atoms with Crippen molar-refractivity contribution >= 4 is 23.3 Å². The van der Waals surface area contributed by atoms with Crippen LogP contribution < -0.4 is 15.5 Å². The van der Waals surface area contributed by atoms with Crippen LogP contribution in [0, 0.1) is 0 Å². The van der Waals surface area contributed by atoms with Crippen LogP contribution in [0.1, 0.15) is 44.0 Å². The number of urea groups is 1. The van der Waals surface area contributed by atoms with Gasteiger partial charge in [0.05, 0.1) is 11.4 Å². The summed E-state index contributed by atoms with van der Waals surface area (Å²) in [6.45, 7) is 5.26. The Hall–Kier alpha value is -1.40. The number of rotatable bonds is 5. The van der Waals surface area contributed by atoms with Crippen molar-refractivity contribution in [3.05, 3.63) is 22.4 Å². The van der Waals surface area contributed by atoms with E-state index in [1.807, 2.05) is 13.8 Å². The monoisotopic (exact) mass is 310 g/mol. The van der Waals surface area contributed by atoms with Gasteiger partial charge in [0.25, 0.3) is 5.91 Å². The van der Waals surface area contributed by atoms with Crippen LogP contribution in [0.5, 0.6) is 0 Å². The molecule has 3 atom stereocenters. The van der Waals surface area contributed by atoms with Gasteiger partial charge < -0.3 is 10.2 Å². The molecule has 1 saturated heterocycles. The smallest absolute Gasteiger partial charge is 0.321 e. The number of amides is 3. The Morgan fingerprint density at radius 2 is 2.33 bits per heavy atom. The number of hydrogen-bond donors (Lipinski definition) is 3. The fourth-order valence-electron chi connectivity index (χ4n) is 2.70. The van der Waals surface area contributed by atoms with Crippen LogP contribution in [0.15, 0.2) is 17.5 Å². The molecule has 3 amide bonds. The molecule has 1 aromatic rings. The van der Waals surface area contributed by atoms with Gasteiger partial charge in [-0.15, -0.1) is 11.3 Å². The largest absolute Gasteiger partial charge is 0.335 e. The Labute approximate surface area is 129 Å². The summed E-state index contributed by atoms with van der Waals surface area (Å²) in [6, 6.07) is 4.27. The van der Waals surface area contributed by atoms with Crippen molar-refractivity contribution < 1.29 is 14.5 Å². The summed E-state index contributed by atoms with van der Waals surface area (Å²) in [4.78, 5) is 26.3. The van der Waals surface area contributed by atoms with Gasteiger partial charge in [0.1, 0.15) is 6.04 Å². The molecule has 0 saturated carbocycles. The molecule has 3 N–H and O–H groups in total. The second-order valence-corrected chi connectivity index (χ2v) is 6.61. The van der Waals surface area contributed by atoms with Crippen molar-refractivity contribution in [2.45, 2.75) is 45.2 Å². The lowest BCUT2D eigenvalue weighted by Crippen LogP contribution is -3.11. The Kier molecular flexibility index (Phi) is 5.76. The van der Waals surface area contributed by atoms with E-state index in [0.29, 0.717) is 12.6 Å². The predicted molar refractivity (Wildman–Crippen MR) is 83.4 cm³/mol. The third kappa shape index (κ3) is 4.54. The highest BCUT2D eigenvalue weighted by Gasteiger charge is 2.32. The number of quaternary nitrogens is 1. The van der Waals surface area contributed by atoms with Gasteiger partial charge in [0.15, 0.2) is 6.54 Å². The lowest BCUT2D eigenvalue weighted by atomic mass is 10.2. The average molecular weight is 310 g/mol. The molecule has 2 rings (SSSR count). The van der Waals surface area contributed by atoms with Gasteiger partial charge in [-0.3, -0.25) is 10.1 Å². The summed E-state index contributed by atoms with van der Waals surface area (Å²) in [7, 11) is 0. The first-order valence-corrected chi connectivity index (χ1v) is 8.46. The molecule has 1 aliphatic rings. The van der Waals surface area contributed by atoms with Crippen LogP contribution in [-0.4, -0.2) is 31.1 Å². The standard InChI is InChI=1S/C15H23N3O2S/c1-3-11(2)16-15(20)17-14(19)10-18-8-4-6-12(18)13-7-5-9-21-13/h5,7,9,11-12H,3-4,6,8,10H2,1-2H3,(H2,16,17,19,20)/p+1/t11-,12+/m0/s1. The number of imide groups is 1. The van der Waals surface area contributed by atoms with Crippen LogP contribution in [0.3, 0.4) is 0 Å². The first-order valence-electron chi connectivity index (χ1n) is 7.58.